The number of nitrogens with zero attached hydrogens (tertiary/aromatic N) is 2. The Morgan fingerprint density at radius 1 is 1.15 bits per heavy atom. The third-order valence-electron chi connectivity index (χ3n) is 4.37. The van der Waals surface area contributed by atoms with Crippen molar-refractivity contribution in [3.63, 3.8) is 0 Å². The van der Waals surface area contributed by atoms with Gasteiger partial charge in [-0.3, -0.25) is 0 Å². The van der Waals surface area contributed by atoms with E-state index < -0.39 is 7.12 Å². The minimum atomic E-state index is -0.397. The number of hydrogen-bond donors (Lipinski definition) is 0. The van der Waals surface area contributed by atoms with Crippen molar-refractivity contribution in [1.82, 2.24) is 4.98 Å². The van der Waals surface area contributed by atoms with Crippen LogP contribution >= 0.6 is 0 Å². The standard InChI is InChI=1S/C15H21BN2O2/c1-14(2)15(3,4)20-16(19-14)12-8-7-9-13(17-12)18-10-5-6-11-18/h5,7-10H,6,11H2,1-4H3. The Labute approximate surface area is 120 Å². The second-order valence-electron chi connectivity index (χ2n) is 6.38. The number of rotatable bonds is 2. The quantitative estimate of drug-likeness (QED) is 0.772. The molecule has 1 aromatic heterocycles. The highest BCUT2D eigenvalue weighted by Gasteiger charge is 2.52. The van der Waals surface area contributed by atoms with E-state index in [1.165, 1.54) is 0 Å². The van der Waals surface area contributed by atoms with Crippen LogP contribution < -0.4 is 10.5 Å². The van der Waals surface area contributed by atoms with Crippen LogP contribution in [0.15, 0.2) is 30.5 Å². The topological polar surface area (TPSA) is 34.6 Å². The van der Waals surface area contributed by atoms with E-state index in [2.05, 4.69) is 44.9 Å². The highest BCUT2D eigenvalue weighted by atomic mass is 16.7. The first-order chi connectivity index (χ1) is 9.39. The van der Waals surface area contributed by atoms with Crippen molar-refractivity contribution in [2.75, 3.05) is 11.4 Å². The molecule has 0 radical (unpaired) electrons. The molecular formula is C15H21BN2O2. The highest BCUT2D eigenvalue weighted by molar-refractivity contribution is 6.61. The summed E-state index contributed by atoms with van der Waals surface area (Å²) in [5.74, 6) is 0.950. The lowest BCUT2D eigenvalue weighted by molar-refractivity contribution is 0.00578. The summed E-state index contributed by atoms with van der Waals surface area (Å²) in [5, 5.41) is 0. The lowest BCUT2D eigenvalue weighted by Gasteiger charge is -2.32. The summed E-state index contributed by atoms with van der Waals surface area (Å²) in [6, 6.07) is 5.99. The molecule has 106 valence electrons. The molecule has 3 heterocycles. The summed E-state index contributed by atoms with van der Waals surface area (Å²) in [6.07, 6.45) is 5.31. The lowest BCUT2D eigenvalue weighted by Crippen LogP contribution is -2.41. The van der Waals surface area contributed by atoms with E-state index in [1.54, 1.807) is 0 Å². The zero-order valence-electron chi connectivity index (χ0n) is 12.6. The summed E-state index contributed by atoms with van der Waals surface area (Å²) < 4.78 is 12.1. The molecule has 1 aromatic rings. The van der Waals surface area contributed by atoms with Crippen molar-refractivity contribution < 1.29 is 9.31 Å². The van der Waals surface area contributed by atoms with Gasteiger partial charge in [-0.2, -0.15) is 0 Å². The molecule has 0 unspecified atom stereocenters. The molecule has 0 saturated carbocycles. The van der Waals surface area contributed by atoms with Crippen molar-refractivity contribution in [3.8, 4) is 0 Å². The largest absolute Gasteiger partial charge is 0.514 e. The predicted molar refractivity (Wildman–Crippen MR) is 81.1 cm³/mol. The van der Waals surface area contributed by atoms with Gasteiger partial charge in [0.2, 0.25) is 0 Å². The van der Waals surface area contributed by atoms with Gasteiger partial charge in [-0.25, -0.2) is 4.98 Å². The van der Waals surface area contributed by atoms with Gasteiger partial charge in [-0.15, -0.1) is 0 Å². The van der Waals surface area contributed by atoms with Crippen LogP contribution in [-0.4, -0.2) is 29.8 Å². The zero-order valence-corrected chi connectivity index (χ0v) is 12.6. The van der Waals surface area contributed by atoms with Crippen LogP contribution in [0.4, 0.5) is 5.82 Å². The van der Waals surface area contributed by atoms with E-state index in [-0.39, 0.29) is 11.2 Å². The van der Waals surface area contributed by atoms with E-state index in [0.717, 1.165) is 24.4 Å². The molecule has 0 bridgehead atoms. The number of pyridine rings is 1. The Balaban J connectivity index is 1.85. The Morgan fingerprint density at radius 3 is 2.45 bits per heavy atom. The smallest absolute Gasteiger partial charge is 0.398 e. The average Bonchev–Trinajstić information content (AvgIpc) is 2.97. The monoisotopic (exact) mass is 272 g/mol. The predicted octanol–water partition coefficient (Wildman–Crippen LogP) is 2.10. The van der Waals surface area contributed by atoms with E-state index in [9.17, 15) is 0 Å². The lowest BCUT2D eigenvalue weighted by atomic mass is 9.84. The Kier molecular flexibility index (Phi) is 3.14. The van der Waals surface area contributed by atoms with Crippen molar-refractivity contribution in [2.24, 2.45) is 0 Å². The maximum Gasteiger partial charge on any atom is 0.514 e. The average molecular weight is 272 g/mol. The molecule has 3 rings (SSSR count). The van der Waals surface area contributed by atoms with Crippen molar-refractivity contribution in [2.45, 2.75) is 45.3 Å². The Hall–Kier alpha value is -1.33. The maximum absolute atomic E-state index is 6.05. The van der Waals surface area contributed by atoms with Crippen LogP contribution in [0.25, 0.3) is 0 Å². The summed E-state index contributed by atoms with van der Waals surface area (Å²) in [6.45, 7) is 9.21. The van der Waals surface area contributed by atoms with Crippen LogP contribution in [0.3, 0.4) is 0 Å². The molecule has 2 aliphatic rings. The first kappa shape index (κ1) is 13.6. The molecule has 2 aliphatic heterocycles. The van der Waals surface area contributed by atoms with Crippen LogP contribution in [-0.2, 0) is 9.31 Å². The van der Waals surface area contributed by atoms with Gasteiger partial charge in [0, 0.05) is 12.7 Å². The molecule has 4 nitrogen and oxygen atoms in total. The van der Waals surface area contributed by atoms with Crippen LogP contribution in [0.1, 0.15) is 34.1 Å². The van der Waals surface area contributed by atoms with E-state index in [1.807, 2.05) is 18.2 Å². The van der Waals surface area contributed by atoms with E-state index in [0.29, 0.717) is 0 Å². The molecule has 0 atom stereocenters. The summed E-state index contributed by atoms with van der Waals surface area (Å²) >= 11 is 0. The van der Waals surface area contributed by atoms with Crippen LogP contribution in [0, 0.1) is 0 Å². The van der Waals surface area contributed by atoms with Gasteiger partial charge < -0.3 is 14.2 Å². The number of aromatic nitrogens is 1. The third kappa shape index (κ3) is 2.25. The van der Waals surface area contributed by atoms with Crippen molar-refractivity contribution in [1.29, 1.82) is 0 Å². The molecule has 5 heteroatoms. The molecule has 0 aliphatic carbocycles. The molecular weight excluding hydrogens is 251 g/mol. The first-order valence-corrected chi connectivity index (χ1v) is 7.15. The fourth-order valence-corrected chi connectivity index (χ4v) is 2.38. The summed E-state index contributed by atoms with van der Waals surface area (Å²) in [7, 11) is -0.397. The number of hydrogen-bond acceptors (Lipinski definition) is 4. The van der Waals surface area contributed by atoms with Gasteiger partial charge in [0.1, 0.15) is 5.82 Å². The third-order valence-corrected chi connectivity index (χ3v) is 4.37. The minimum absolute atomic E-state index is 0.330. The second-order valence-corrected chi connectivity index (χ2v) is 6.38. The maximum atomic E-state index is 6.05. The van der Waals surface area contributed by atoms with Crippen LogP contribution in [0.2, 0.25) is 0 Å². The zero-order chi connectivity index (χ0) is 14.4. The summed E-state index contributed by atoms with van der Waals surface area (Å²) in [5.41, 5.74) is 0.174. The molecule has 20 heavy (non-hydrogen) atoms. The fraction of sp³-hybridized carbons (Fsp3) is 0.533. The first-order valence-electron chi connectivity index (χ1n) is 7.15. The number of anilines is 1. The molecule has 0 N–H and O–H groups in total. The fourth-order valence-electron chi connectivity index (χ4n) is 2.38. The van der Waals surface area contributed by atoms with Crippen molar-refractivity contribution >= 4 is 18.5 Å². The van der Waals surface area contributed by atoms with Gasteiger partial charge in [0.05, 0.1) is 16.8 Å². The normalized spacial score (nSPS) is 23.6. The van der Waals surface area contributed by atoms with Crippen LogP contribution in [0.5, 0.6) is 0 Å². The SMILES string of the molecule is CC1(C)OB(c2cccc(N3C=CCC3)n2)OC1(C)C. The molecule has 1 fully saturated rings. The van der Waals surface area contributed by atoms with Gasteiger partial charge >= 0.3 is 7.12 Å². The molecule has 0 spiro atoms. The highest BCUT2D eigenvalue weighted by Crippen LogP contribution is 2.36. The minimum Gasteiger partial charge on any atom is -0.398 e. The Bertz CT molecular complexity index is 526. The molecule has 0 amide bonds. The molecule has 1 saturated heterocycles. The van der Waals surface area contributed by atoms with Gasteiger partial charge in [0.15, 0.2) is 0 Å². The molecule has 0 aromatic carbocycles. The summed E-state index contributed by atoms with van der Waals surface area (Å²) in [4.78, 5) is 6.84. The second kappa shape index (κ2) is 4.60. The van der Waals surface area contributed by atoms with Gasteiger partial charge in [0.25, 0.3) is 0 Å². The van der Waals surface area contributed by atoms with Gasteiger partial charge in [-0.1, -0.05) is 12.1 Å². The van der Waals surface area contributed by atoms with E-state index >= 15 is 0 Å². The van der Waals surface area contributed by atoms with Crippen molar-refractivity contribution in [3.05, 3.63) is 30.5 Å². The van der Waals surface area contributed by atoms with E-state index in [4.69, 9.17) is 14.3 Å². The Morgan fingerprint density at radius 2 is 1.85 bits per heavy atom. The van der Waals surface area contributed by atoms with Gasteiger partial charge in [-0.05, 0) is 46.2 Å².